The third kappa shape index (κ3) is 2.34. The monoisotopic (exact) mass is 359 g/mol. The average molecular weight is 359 g/mol. The fourth-order valence-corrected chi connectivity index (χ4v) is 3.58. The second-order valence-electron chi connectivity index (χ2n) is 5.15. The van der Waals surface area contributed by atoms with Gasteiger partial charge in [-0.15, -0.1) is 0 Å². The maximum Gasteiger partial charge on any atom is 0.159 e. The summed E-state index contributed by atoms with van der Waals surface area (Å²) in [7, 11) is 0. The van der Waals surface area contributed by atoms with Crippen LogP contribution in [0.15, 0.2) is 0 Å². The Hall–Kier alpha value is -0.430. The number of ether oxygens (including phenoxy) is 1. The van der Waals surface area contributed by atoms with Gasteiger partial charge >= 0.3 is 0 Å². The van der Waals surface area contributed by atoms with Gasteiger partial charge in [0, 0.05) is 12.5 Å². The van der Waals surface area contributed by atoms with E-state index in [2.05, 4.69) is 27.6 Å². The molecule has 0 spiro atoms. The number of nitrogen functional groups attached to an aromatic ring is 1. The largest absolute Gasteiger partial charge is 0.383 e. The van der Waals surface area contributed by atoms with Crippen LogP contribution in [0.3, 0.4) is 0 Å². The van der Waals surface area contributed by atoms with Crippen LogP contribution in [-0.2, 0) is 4.74 Å². The smallest absolute Gasteiger partial charge is 0.159 e. The zero-order valence-corrected chi connectivity index (χ0v) is 12.5. The van der Waals surface area contributed by atoms with Gasteiger partial charge in [0.2, 0.25) is 0 Å². The van der Waals surface area contributed by atoms with Gasteiger partial charge in [0.05, 0.1) is 9.26 Å². The molecule has 18 heavy (non-hydrogen) atoms. The molecule has 1 aromatic rings. The van der Waals surface area contributed by atoms with E-state index in [0.29, 0.717) is 11.7 Å². The number of anilines is 1. The molecule has 2 heterocycles. The third-order valence-corrected chi connectivity index (χ3v) is 4.98. The molecule has 2 fully saturated rings. The van der Waals surface area contributed by atoms with E-state index in [1.165, 1.54) is 25.7 Å². The Morgan fingerprint density at radius 3 is 2.56 bits per heavy atom. The van der Waals surface area contributed by atoms with Crippen molar-refractivity contribution in [3.8, 4) is 0 Å². The Balaban J connectivity index is 1.95. The van der Waals surface area contributed by atoms with Crippen LogP contribution in [0.5, 0.6) is 0 Å². The topological polar surface area (TPSA) is 61.0 Å². The highest BCUT2D eigenvalue weighted by atomic mass is 127. The second-order valence-corrected chi connectivity index (χ2v) is 6.23. The lowest BCUT2D eigenvalue weighted by atomic mass is 10.0. The number of nitrogens with two attached hydrogens (primary N) is 1. The van der Waals surface area contributed by atoms with Gasteiger partial charge in [-0.1, -0.05) is 12.8 Å². The molecule has 3 rings (SSSR count). The molecule has 5 heteroatoms. The van der Waals surface area contributed by atoms with Crippen molar-refractivity contribution in [3.63, 3.8) is 0 Å². The van der Waals surface area contributed by atoms with Gasteiger partial charge in [-0.2, -0.15) is 0 Å². The predicted molar refractivity (Wildman–Crippen MR) is 78.3 cm³/mol. The first kappa shape index (κ1) is 12.6. The lowest BCUT2D eigenvalue weighted by molar-refractivity contribution is 0.105. The van der Waals surface area contributed by atoms with Crippen LogP contribution >= 0.6 is 22.6 Å². The molecule has 1 aromatic heterocycles. The zero-order chi connectivity index (χ0) is 12.5. The maximum absolute atomic E-state index is 6.04. The number of aromatic nitrogens is 2. The quantitative estimate of drug-likeness (QED) is 0.824. The summed E-state index contributed by atoms with van der Waals surface area (Å²) < 4.78 is 6.71. The molecule has 1 aliphatic carbocycles. The minimum Gasteiger partial charge on any atom is -0.383 e. The van der Waals surface area contributed by atoms with E-state index in [-0.39, 0.29) is 6.10 Å². The summed E-state index contributed by atoms with van der Waals surface area (Å²) in [6, 6.07) is 0. The molecule has 1 saturated carbocycles. The van der Waals surface area contributed by atoms with Crippen molar-refractivity contribution >= 4 is 28.4 Å². The lowest BCUT2D eigenvalue weighted by Gasteiger charge is -2.16. The van der Waals surface area contributed by atoms with Gasteiger partial charge in [0.15, 0.2) is 5.82 Å². The standard InChI is InChI=1S/C13H18IN3O/c14-10-11(8-4-1-2-5-8)16-13(17-12(10)15)9-6-3-7-18-9/h8-9H,1-7H2,(H2,15,16,17). The maximum atomic E-state index is 6.04. The van der Waals surface area contributed by atoms with E-state index in [4.69, 9.17) is 15.5 Å². The highest BCUT2D eigenvalue weighted by Crippen LogP contribution is 2.37. The van der Waals surface area contributed by atoms with Crippen molar-refractivity contribution in [1.29, 1.82) is 0 Å². The fourth-order valence-electron chi connectivity index (χ4n) is 2.90. The second kappa shape index (κ2) is 5.28. The average Bonchev–Trinajstić information content (AvgIpc) is 3.03. The predicted octanol–water partition coefficient (Wildman–Crippen LogP) is 3.17. The Bertz CT molecular complexity index is 440. The first-order valence-corrected chi connectivity index (χ1v) is 7.78. The van der Waals surface area contributed by atoms with Gasteiger partial charge in [0.1, 0.15) is 11.9 Å². The summed E-state index contributed by atoms with van der Waals surface area (Å²) in [4.78, 5) is 9.19. The SMILES string of the molecule is Nc1nc(C2CCCO2)nc(C2CCCC2)c1I. The molecule has 0 radical (unpaired) electrons. The molecule has 0 bridgehead atoms. The van der Waals surface area contributed by atoms with Crippen molar-refractivity contribution in [2.45, 2.75) is 50.5 Å². The molecule has 0 amide bonds. The van der Waals surface area contributed by atoms with Crippen LogP contribution in [0.1, 0.15) is 62.1 Å². The molecule has 4 nitrogen and oxygen atoms in total. The summed E-state index contributed by atoms with van der Waals surface area (Å²) >= 11 is 2.28. The van der Waals surface area contributed by atoms with Crippen LogP contribution in [0.4, 0.5) is 5.82 Å². The minimum atomic E-state index is 0.0597. The fraction of sp³-hybridized carbons (Fsp3) is 0.692. The van der Waals surface area contributed by atoms with E-state index in [9.17, 15) is 0 Å². The van der Waals surface area contributed by atoms with E-state index in [1.807, 2.05) is 0 Å². The van der Waals surface area contributed by atoms with Crippen molar-refractivity contribution in [3.05, 3.63) is 15.1 Å². The van der Waals surface area contributed by atoms with E-state index >= 15 is 0 Å². The van der Waals surface area contributed by atoms with Crippen molar-refractivity contribution < 1.29 is 4.74 Å². The van der Waals surface area contributed by atoms with Crippen LogP contribution in [0.2, 0.25) is 0 Å². The van der Waals surface area contributed by atoms with Crippen molar-refractivity contribution in [2.75, 3.05) is 12.3 Å². The van der Waals surface area contributed by atoms with E-state index in [1.54, 1.807) is 0 Å². The minimum absolute atomic E-state index is 0.0597. The zero-order valence-electron chi connectivity index (χ0n) is 10.4. The van der Waals surface area contributed by atoms with Crippen LogP contribution < -0.4 is 5.73 Å². The Labute approximate surface area is 121 Å². The lowest BCUT2D eigenvalue weighted by Crippen LogP contribution is -2.12. The Morgan fingerprint density at radius 2 is 1.89 bits per heavy atom. The molecule has 0 aromatic carbocycles. The molecular formula is C13H18IN3O. The van der Waals surface area contributed by atoms with Crippen LogP contribution in [-0.4, -0.2) is 16.6 Å². The van der Waals surface area contributed by atoms with Crippen LogP contribution in [0.25, 0.3) is 0 Å². The normalized spacial score (nSPS) is 24.8. The Morgan fingerprint density at radius 1 is 1.11 bits per heavy atom. The number of rotatable bonds is 2. The Kier molecular flexibility index (Phi) is 3.70. The summed E-state index contributed by atoms with van der Waals surface area (Å²) in [5.74, 6) is 1.99. The molecule has 1 aliphatic heterocycles. The molecule has 98 valence electrons. The molecule has 1 saturated heterocycles. The number of hydrogen-bond acceptors (Lipinski definition) is 4. The summed E-state index contributed by atoms with van der Waals surface area (Å²) in [5.41, 5.74) is 7.20. The van der Waals surface area contributed by atoms with E-state index < -0.39 is 0 Å². The van der Waals surface area contributed by atoms with Gasteiger partial charge in [0.25, 0.3) is 0 Å². The van der Waals surface area contributed by atoms with Crippen molar-refractivity contribution in [2.24, 2.45) is 0 Å². The van der Waals surface area contributed by atoms with E-state index in [0.717, 1.165) is 34.5 Å². The highest BCUT2D eigenvalue weighted by Gasteiger charge is 2.27. The summed E-state index contributed by atoms with van der Waals surface area (Å²) in [6.45, 7) is 0.818. The molecule has 1 atom stereocenters. The first-order chi connectivity index (χ1) is 8.75. The molecule has 1 unspecified atom stereocenters. The molecular weight excluding hydrogens is 341 g/mol. The third-order valence-electron chi connectivity index (χ3n) is 3.88. The number of halogens is 1. The highest BCUT2D eigenvalue weighted by molar-refractivity contribution is 14.1. The van der Waals surface area contributed by atoms with Gasteiger partial charge in [-0.25, -0.2) is 9.97 Å². The number of hydrogen-bond donors (Lipinski definition) is 1. The van der Waals surface area contributed by atoms with Gasteiger partial charge in [-0.3, -0.25) is 0 Å². The van der Waals surface area contributed by atoms with Crippen LogP contribution in [0, 0.1) is 3.57 Å². The molecule has 2 N–H and O–H groups in total. The van der Waals surface area contributed by atoms with Gasteiger partial charge < -0.3 is 10.5 Å². The van der Waals surface area contributed by atoms with Crippen molar-refractivity contribution in [1.82, 2.24) is 9.97 Å². The first-order valence-electron chi connectivity index (χ1n) is 6.70. The summed E-state index contributed by atoms with van der Waals surface area (Å²) in [6.07, 6.45) is 7.25. The summed E-state index contributed by atoms with van der Waals surface area (Å²) in [5, 5.41) is 0. The molecule has 2 aliphatic rings. The van der Waals surface area contributed by atoms with Gasteiger partial charge in [-0.05, 0) is 48.3 Å². The number of nitrogens with zero attached hydrogens (tertiary/aromatic N) is 2.